The van der Waals surface area contributed by atoms with Crippen LogP contribution < -0.4 is 16.0 Å². The molecule has 106 valence electrons. The highest BCUT2D eigenvalue weighted by molar-refractivity contribution is 7.15. The molecule has 0 bridgehead atoms. The second-order valence-electron chi connectivity index (χ2n) is 4.25. The van der Waals surface area contributed by atoms with E-state index in [9.17, 15) is 10.1 Å². The standard InChI is InChI=1S/C12H14N4O3S/c1-7-3-8(2)11(10(4-7)16(17)18)19-6-9-5-14-12(15-13)20-9/h3-5H,6,13H2,1-2H3,(H,14,15). The van der Waals surface area contributed by atoms with E-state index in [0.717, 1.165) is 16.0 Å². The smallest absolute Gasteiger partial charge is 0.311 e. The summed E-state index contributed by atoms with van der Waals surface area (Å²) < 4.78 is 5.59. The van der Waals surface area contributed by atoms with Gasteiger partial charge in [-0.25, -0.2) is 10.8 Å². The van der Waals surface area contributed by atoms with Crippen LogP contribution in [0.2, 0.25) is 0 Å². The van der Waals surface area contributed by atoms with E-state index in [-0.39, 0.29) is 18.0 Å². The minimum atomic E-state index is -0.436. The molecule has 0 aliphatic rings. The second-order valence-corrected chi connectivity index (χ2v) is 5.37. The molecule has 1 aromatic carbocycles. The number of benzene rings is 1. The van der Waals surface area contributed by atoms with Crippen LogP contribution in [0.5, 0.6) is 5.75 Å². The number of aryl methyl sites for hydroxylation is 2. The maximum Gasteiger partial charge on any atom is 0.311 e. The SMILES string of the molecule is Cc1cc(C)c(OCc2cnc(NN)s2)c([N+](=O)[O-])c1. The molecule has 0 atom stereocenters. The van der Waals surface area contributed by atoms with Gasteiger partial charge in [0.1, 0.15) is 6.61 Å². The summed E-state index contributed by atoms with van der Waals surface area (Å²) in [6.07, 6.45) is 1.62. The Kier molecular flexibility index (Phi) is 4.16. The lowest BCUT2D eigenvalue weighted by molar-refractivity contribution is -0.386. The summed E-state index contributed by atoms with van der Waals surface area (Å²) in [5.41, 5.74) is 3.98. The number of nitro benzene ring substituents is 1. The highest BCUT2D eigenvalue weighted by atomic mass is 32.1. The Morgan fingerprint density at radius 3 is 2.85 bits per heavy atom. The highest BCUT2D eigenvalue weighted by Crippen LogP contribution is 2.33. The zero-order valence-electron chi connectivity index (χ0n) is 11.0. The molecule has 0 unspecified atom stereocenters. The van der Waals surface area contributed by atoms with Crippen molar-refractivity contribution in [3.05, 3.63) is 44.4 Å². The first kappa shape index (κ1) is 14.2. The fourth-order valence-corrected chi connectivity index (χ4v) is 2.48. The minimum absolute atomic E-state index is 0.0239. The molecule has 3 N–H and O–H groups in total. The lowest BCUT2D eigenvalue weighted by Gasteiger charge is -2.09. The summed E-state index contributed by atoms with van der Waals surface area (Å²) >= 11 is 1.33. The van der Waals surface area contributed by atoms with Gasteiger partial charge in [0.25, 0.3) is 0 Å². The Balaban J connectivity index is 2.22. The summed E-state index contributed by atoms with van der Waals surface area (Å²) in [4.78, 5) is 15.5. The second kappa shape index (κ2) is 5.85. The number of aromatic nitrogens is 1. The predicted octanol–water partition coefficient (Wildman–Crippen LogP) is 2.53. The normalized spacial score (nSPS) is 10.3. The Hall–Kier alpha value is -2.19. The average molecular weight is 294 g/mol. The number of ether oxygens (including phenoxy) is 1. The highest BCUT2D eigenvalue weighted by Gasteiger charge is 2.18. The molecule has 0 spiro atoms. The van der Waals surface area contributed by atoms with Crippen molar-refractivity contribution in [3.63, 3.8) is 0 Å². The number of hydrogen-bond donors (Lipinski definition) is 2. The summed E-state index contributed by atoms with van der Waals surface area (Å²) in [5.74, 6) is 5.53. The Morgan fingerprint density at radius 1 is 1.50 bits per heavy atom. The molecule has 0 aliphatic carbocycles. The molecule has 2 aromatic rings. The molecule has 8 heteroatoms. The number of thiazole rings is 1. The van der Waals surface area contributed by atoms with Crippen LogP contribution in [0, 0.1) is 24.0 Å². The van der Waals surface area contributed by atoms with Crippen molar-refractivity contribution in [3.8, 4) is 5.75 Å². The van der Waals surface area contributed by atoms with Crippen molar-refractivity contribution in [2.75, 3.05) is 5.43 Å². The van der Waals surface area contributed by atoms with Crippen LogP contribution in [-0.4, -0.2) is 9.91 Å². The zero-order valence-corrected chi connectivity index (χ0v) is 11.9. The molecule has 1 aromatic heterocycles. The third kappa shape index (κ3) is 3.03. The Labute approximate surface area is 119 Å². The van der Waals surface area contributed by atoms with Crippen LogP contribution in [0.25, 0.3) is 0 Å². The molecule has 0 saturated heterocycles. The van der Waals surface area contributed by atoms with Crippen LogP contribution >= 0.6 is 11.3 Å². The van der Waals surface area contributed by atoms with E-state index in [2.05, 4.69) is 10.4 Å². The van der Waals surface area contributed by atoms with E-state index in [1.54, 1.807) is 13.1 Å². The quantitative estimate of drug-likeness (QED) is 0.499. The van der Waals surface area contributed by atoms with Gasteiger partial charge in [0.05, 0.1) is 9.80 Å². The first-order chi connectivity index (χ1) is 9.51. The maximum absolute atomic E-state index is 11.1. The van der Waals surface area contributed by atoms with E-state index < -0.39 is 4.92 Å². The lowest BCUT2D eigenvalue weighted by Crippen LogP contribution is -2.05. The number of hydrogen-bond acceptors (Lipinski definition) is 7. The molecule has 0 amide bonds. The number of nitro groups is 1. The summed E-state index contributed by atoms with van der Waals surface area (Å²) in [6, 6.07) is 3.35. The lowest BCUT2D eigenvalue weighted by atomic mass is 10.1. The van der Waals surface area contributed by atoms with Crippen LogP contribution in [0.1, 0.15) is 16.0 Å². The number of nitrogens with two attached hydrogens (primary N) is 1. The molecular formula is C12H14N4O3S. The van der Waals surface area contributed by atoms with Gasteiger partial charge in [-0.15, -0.1) is 0 Å². The topological polar surface area (TPSA) is 103 Å². The van der Waals surface area contributed by atoms with E-state index in [4.69, 9.17) is 10.6 Å². The van der Waals surface area contributed by atoms with E-state index in [0.29, 0.717) is 5.13 Å². The molecule has 0 fully saturated rings. The number of nitrogen functional groups attached to an aromatic ring is 1. The monoisotopic (exact) mass is 294 g/mol. The van der Waals surface area contributed by atoms with E-state index in [1.165, 1.54) is 17.4 Å². The van der Waals surface area contributed by atoms with Crippen LogP contribution in [0.15, 0.2) is 18.3 Å². The van der Waals surface area contributed by atoms with Gasteiger partial charge in [-0.3, -0.25) is 15.5 Å². The molecule has 0 aliphatic heterocycles. The first-order valence-electron chi connectivity index (χ1n) is 5.81. The summed E-state index contributed by atoms with van der Waals surface area (Å²) in [6.45, 7) is 3.81. The van der Waals surface area contributed by atoms with Crippen molar-refractivity contribution >= 4 is 22.2 Å². The fourth-order valence-electron chi connectivity index (χ4n) is 1.84. The minimum Gasteiger partial charge on any atom is -0.481 e. The number of nitrogens with zero attached hydrogens (tertiary/aromatic N) is 2. The van der Waals surface area contributed by atoms with Crippen molar-refractivity contribution in [2.24, 2.45) is 5.84 Å². The molecule has 0 saturated carbocycles. The van der Waals surface area contributed by atoms with Crippen LogP contribution in [0.4, 0.5) is 10.8 Å². The number of nitrogens with one attached hydrogen (secondary N) is 1. The molecule has 2 rings (SSSR count). The van der Waals surface area contributed by atoms with Crippen molar-refractivity contribution in [2.45, 2.75) is 20.5 Å². The fraction of sp³-hybridized carbons (Fsp3) is 0.250. The first-order valence-corrected chi connectivity index (χ1v) is 6.62. The molecule has 0 radical (unpaired) electrons. The molecule has 7 nitrogen and oxygen atoms in total. The Morgan fingerprint density at radius 2 is 2.25 bits per heavy atom. The summed E-state index contributed by atoms with van der Waals surface area (Å²) in [7, 11) is 0. The molecular weight excluding hydrogens is 280 g/mol. The average Bonchev–Trinajstić information content (AvgIpc) is 2.84. The van der Waals surface area contributed by atoms with E-state index >= 15 is 0 Å². The van der Waals surface area contributed by atoms with Crippen molar-refractivity contribution in [1.29, 1.82) is 0 Å². The van der Waals surface area contributed by atoms with Crippen molar-refractivity contribution < 1.29 is 9.66 Å². The van der Waals surface area contributed by atoms with Gasteiger partial charge < -0.3 is 4.74 Å². The van der Waals surface area contributed by atoms with Crippen LogP contribution in [-0.2, 0) is 6.61 Å². The molecule has 1 heterocycles. The number of hydrazine groups is 1. The van der Waals surface area contributed by atoms with Crippen LogP contribution in [0.3, 0.4) is 0 Å². The largest absolute Gasteiger partial charge is 0.481 e. The Bertz CT molecular complexity index is 642. The van der Waals surface area contributed by atoms with Gasteiger partial charge >= 0.3 is 5.69 Å². The maximum atomic E-state index is 11.1. The third-order valence-corrected chi connectivity index (χ3v) is 3.53. The number of anilines is 1. The van der Waals surface area contributed by atoms with Gasteiger partial charge in [-0.1, -0.05) is 17.4 Å². The van der Waals surface area contributed by atoms with E-state index in [1.807, 2.05) is 13.0 Å². The van der Waals surface area contributed by atoms with Gasteiger partial charge in [-0.05, 0) is 25.0 Å². The van der Waals surface area contributed by atoms with Gasteiger partial charge in [0, 0.05) is 12.3 Å². The zero-order chi connectivity index (χ0) is 14.7. The van der Waals surface area contributed by atoms with Gasteiger partial charge in [-0.2, -0.15) is 0 Å². The summed E-state index contributed by atoms with van der Waals surface area (Å²) in [5, 5.41) is 11.6. The van der Waals surface area contributed by atoms with Crippen molar-refractivity contribution in [1.82, 2.24) is 4.98 Å². The predicted molar refractivity (Wildman–Crippen MR) is 76.8 cm³/mol. The van der Waals surface area contributed by atoms with Gasteiger partial charge in [0.2, 0.25) is 0 Å². The molecule has 20 heavy (non-hydrogen) atoms. The number of rotatable bonds is 5. The third-order valence-electron chi connectivity index (χ3n) is 2.63. The van der Waals surface area contributed by atoms with Gasteiger partial charge in [0.15, 0.2) is 10.9 Å².